The summed E-state index contributed by atoms with van der Waals surface area (Å²) < 4.78 is 10.8. The molecule has 0 bridgehead atoms. The topological polar surface area (TPSA) is 80.3 Å². The van der Waals surface area contributed by atoms with Gasteiger partial charge in [0.2, 0.25) is 0 Å². The molecule has 1 saturated heterocycles. The van der Waals surface area contributed by atoms with Gasteiger partial charge in [0.1, 0.15) is 5.82 Å². The number of likely N-dealkylation sites (tertiary alicyclic amines) is 1. The lowest BCUT2D eigenvalue weighted by Gasteiger charge is -2.35. The van der Waals surface area contributed by atoms with E-state index in [-0.39, 0.29) is 11.6 Å². The molecule has 3 heterocycles. The van der Waals surface area contributed by atoms with Crippen LogP contribution >= 0.6 is 0 Å². The molecule has 0 radical (unpaired) electrons. The normalized spacial score (nSPS) is 16.9. The van der Waals surface area contributed by atoms with Crippen LogP contribution in [0.3, 0.4) is 0 Å². The Bertz CT molecular complexity index is 1050. The summed E-state index contributed by atoms with van der Waals surface area (Å²) in [6, 6.07) is 11.4. The van der Waals surface area contributed by atoms with Gasteiger partial charge in [0, 0.05) is 30.6 Å². The number of benzene rings is 1. The van der Waals surface area contributed by atoms with Gasteiger partial charge in [-0.05, 0) is 49.2 Å². The Balaban J connectivity index is 1.63. The van der Waals surface area contributed by atoms with Crippen molar-refractivity contribution in [3.8, 4) is 22.9 Å². The fraction of sp³-hybridized carbons (Fsp3) is 0.348. The number of methoxy groups -OCH3 is 2. The molecule has 4 rings (SSSR count). The Labute approximate surface area is 175 Å². The lowest BCUT2D eigenvalue weighted by atomic mass is 9.98. The quantitative estimate of drug-likeness (QED) is 0.674. The summed E-state index contributed by atoms with van der Waals surface area (Å²) in [6.07, 6.45) is 6.62. The van der Waals surface area contributed by atoms with Crippen molar-refractivity contribution in [2.45, 2.75) is 31.8 Å². The summed E-state index contributed by atoms with van der Waals surface area (Å²) in [7, 11) is 3.28. The zero-order valence-electron chi connectivity index (χ0n) is 17.3. The summed E-state index contributed by atoms with van der Waals surface area (Å²) in [5, 5.41) is 0. The van der Waals surface area contributed by atoms with Crippen molar-refractivity contribution < 1.29 is 9.47 Å². The summed E-state index contributed by atoms with van der Waals surface area (Å²) >= 11 is 0. The lowest BCUT2D eigenvalue weighted by Crippen LogP contribution is -2.34. The van der Waals surface area contributed by atoms with Crippen molar-refractivity contribution in [1.82, 2.24) is 19.9 Å². The summed E-state index contributed by atoms with van der Waals surface area (Å²) in [4.78, 5) is 26.5. The zero-order chi connectivity index (χ0) is 20.9. The van der Waals surface area contributed by atoms with Crippen LogP contribution in [0.5, 0.6) is 11.5 Å². The van der Waals surface area contributed by atoms with Gasteiger partial charge >= 0.3 is 0 Å². The van der Waals surface area contributed by atoms with E-state index in [2.05, 4.69) is 20.9 Å². The van der Waals surface area contributed by atoms with E-state index >= 15 is 0 Å². The third kappa shape index (κ3) is 4.36. The third-order valence-electron chi connectivity index (χ3n) is 5.50. The maximum atomic E-state index is 12.4. The standard InChI is InChI=1S/C23H26N4O3/c1-29-20-7-6-16(13-21(20)30-2)15-27-12-4-3-5-19(27)18-14-22(28)26-23(25-18)17-8-10-24-11-9-17/h6-11,13-14,19H,3-5,12,15H2,1-2H3,(H,25,26,28)/t19-/m1/s1. The SMILES string of the molecule is COc1ccc(CN2CCCC[C@@H]2c2cc(=O)[nH]c(-c3ccncc3)n2)cc1OC. The smallest absolute Gasteiger partial charge is 0.251 e. The molecule has 0 unspecified atom stereocenters. The monoisotopic (exact) mass is 406 g/mol. The number of H-pyrrole nitrogens is 1. The van der Waals surface area contributed by atoms with Crippen LogP contribution in [0.25, 0.3) is 11.4 Å². The average molecular weight is 406 g/mol. The molecule has 1 aliphatic rings. The van der Waals surface area contributed by atoms with Gasteiger partial charge in [0.15, 0.2) is 11.5 Å². The molecular weight excluding hydrogens is 380 g/mol. The number of ether oxygens (including phenoxy) is 2. The van der Waals surface area contributed by atoms with Crippen LogP contribution < -0.4 is 15.0 Å². The predicted molar refractivity (Wildman–Crippen MR) is 115 cm³/mol. The molecule has 1 fully saturated rings. The van der Waals surface area contributed by atoms with E-state index in [0.29, 0.717) is 5.82 Å². The highest BCUT2D eigenvalue weighted by molar-refractivity contribution is 5.53. The molecular formula is C23H26N4O3. The zero-order valence-corrected chi connectivity index (χ0v) is 17.3. The van der Waals surface area contributed by atoms with E-state index in [1.54, 1.807) is 32.7 Å². The molecule has 3 aromatic rings. The first kappa shape index (κ1) is 20.1. The van der Waals surface area contributed by atoms with Crippen LogP contribution in [0.2, 0.25) is 0 Å². The Hall–Kier alpha value is -3.19. The molecule has 7 nitrogen and oxygen atoms in total. The summed E-state index contributed by atoms with van der Waals surface area (Å²) in [5.74, 6) is 2.02. The molecule has 0 amide bonds. The first-order chi connectivity index (χ1) is 14.7. The van der Waals surface area contributed by atoms with Crippen LogP contribution in [-0.4, -0.2) is 40.6 Å². The van der Waals surface area contributed by atoms with E-state index in [1.807, 2.05) is 24.3 Å². The second kappa shape index (κ2) is 9.09. The molecule has 1 aliphatic heterocycles. The summed E-state index contributed by atoms with van der Waals surface area (Å²) in [5.41, 5.74) is 2.67. The molecule has 1 aromatic carbocycles. The maximum Gasteiger partial charge on any atom is 0.251 e. The Morgan fingerprint density at radius 2 is 1.87 bits per heavy atom. The minimum absolute atomic E-state index is 0.0923. The Kier molecular flexibility index (Phi) is 6.09. The van der Waals surface area contributed by atoms with E-state index in [1.165, 1.54) is 0 Å². The van der Waals surface area contributed by atoms with Crippen LogP contribution in [0.15, 0.2) is 53.6 Å². The molecule has 1 atom stereocenters. The first-order valence-corrected chi connectivity index (χ1v) is 10.1. The molecule has 156 valence electrons. The molecule has 2 aromatic heterocycles. The van der Waals surface area contributed by atoms with Crippen molar-refractivity contribution in [1.29, 1.82) is 0 Å². The van der Waals surface area contributed by atoms with Crippen LogP contribution in [0, 0.1) is 0 Å². The number of aromatic nitrogens is 3. The number of hydrogen-bond donors (Lipinski definition) is 1. The van der Waals surface area contributed by atoms with Gasteiger partial charge in [-0.2, -0.15) is 0 Å². The van der Waals surface area contributed by atoms with Gasteiger partial charge in [-0.25, -0.2) is 4.98 Å². The second-order valence-corrected chi connectivity index (χ2v) is 7.43. The minimum atomic E-state index is -0.136. The molecule has 0 aliphatic carbocycles. The van der Waals surface area contributed by atoms with E-state index < -0.39 is 0 Å². The number of rotatable bonds is 6. The van der Waals surface area contributed by atoms with Gasteiger partial charge in [-0.15, -0.1) is 0 Å². The maximum absolute atomic E-state index is 12.4. The number of nitrogens with zero attached hydrogens (tertiary/aromatic N) is 3. The van der Waals surface area contributed by atoms with Gasteiger partial charge in [0.25, 0.3) is 5.56 Å². The molecule has 0 spiro atoms. The third-order valence-corrected chi connectivity index (χ3v) is 5.50. The van der Waals surface area contributed by atoms with Crippen molar-refractivity contribution in [3.63, 3.8) is 0 Å². The van der Waals surface area contributed by atoms with Crippen molar-refractivity contribution in [2.24, 2.45) is 0 Å². The minimum Gasteiger partial charge on any atom is -0.493 e. The molecule has 0 saturated carbocycles. The first-order valence-electron chi connectivity index (χ1n) is 10.1. The number of nitrogens with one attached hydrogen (secondary N) is 1. The van der Waals surface area contributed by atoms with Gasteiger partial charge < -0.3 is 14.5 Å². The van der Waals surface area contributed by atoms with Crippen molar-refractivity contribution in [3.05, 3.63) is 70.4 Å². The van der Waals surface area contributed by atoms with E-state index in [4.69, 9.17) is 14.5 Å². The Morgan fingerprint density at radius 3 is 2.63 bits per heavy atom. The fourth-order valence-corrected chi connectivity index (χ4v) is 4.02. The van der Waals surface area contributed by atoms with E-state index in [0.717, 1.165) is 60.7 Å². The van der Waals surface area contributed by atoms with Gasteiger partial charge in [-0.3, -0.25) is 14.7 Å². The molecule has 30 heavy (non-hydrogen) atoms. The van der Waals surface area contributed by atoms with Gasteiger partial charge in [0.05, 0.1) is 26.0 Å². The van der Waals surface area contributed by atoms with Crippen molar-refractivity contribution >= 4 is 0 Å². The number of hydrogen-bond acceptors (Lipinski definition) is 6. The highest BCUT2D eigenvalue weighted by Gasteiger charge is 2.26. The van der Waals surface area contributed by atoms with Crippen LogP contribution in [0.4, 0.5) is 0 Å². The van der Waals surface area contributed by atoms with E-state index in [9.17, 15) is 4.79 Å². The average Bonchev–Trinajstić information content (AvgIpc) is 2.79. The fourth-order valence-electron chi connectivity index (χ4n) is 4.02. The van der Waals surface area contributed by atoms with Crippen LogP contribution in [-0.2, 0) is 6.54 Å². The highest BCUT2D eigenvalue weighted by Crippen LogP contribution is 2.33. The number of aromatic amines is 1. The van der Waals surface area contributed by atoms with Crippen LogP contribution in [0.1, 0.15) is 36.6 Å². The van der Waals surface area contributed by atoms with Gasteiger partial charge in [-0.1, -0.05) is 12.5 Å². The molecule has 1 N–H and O–H groups in total. The summed E-state index contributed by atoms with van der Waals surface area (Å²) in [6.45, 7) is 1.71. The molecule has 7 heteroatoms. The predicted octanol–water partition coefficient (Wildman–Crippen LogP) is 3.58. The highest BCUT2D eigenvalue weighted by atomic mass is 16.5. The number of piperidine rings is 1. The second-order valence-electron chi connectivity index (χ2n) is 7.43. The van der Waals surface area contributed by atoms with Crippen molar-refractivity contribution in [2.75, 3.05) is 20.8 Å². The lowest BCUT2D eigenvalue weighted by molar-refractivity contribution is 0.137. The number of pyridine rings is 1. The Morgan fingerprint density at radius 1 is 1.07 bits per heavy atom. The largest absolute Gasteiger partial charge is 0.493 e.